The number of likely N-dealkylation sites (tertiary alicyclic amines) is 1. The van der Waals surface area contributed by atoms with Crippen molar-refractivity contribution in [3.8, 4) is 11.8 Å². The molecule has 0 bridgehead atoms. The lowest BCUT2D eigenvalue weighted by Gasteiger charge is -2.38. The molecule has 0 amide bonds. The molecule has 8 nitrogen and oxygen atoms in total. The molecule has 1 fully saturated rings. The number of carbonyl (C=O) groups is 1. The maximum Gasteiger partial charge on any atom is 0.320 e. The van der Waals surface area contributed by atoms with Crippen LogP contribution >= 0.6 is 30.3 Å². The van der Waals surface area contributed by atoms with Gasteiger partial charge in [0.25, 0.3) is 0 Å². The smallest absolute Gasteiger partial charge is 0.320 e. The van der Waals surface area contributed by atoms with Crippen molar-refractivity contribution >= 4 is 58.1 Å². The van der Waals surface area contributed by atoms with Crippen molar-refractivity contribution in [2.24, 2.45) is 0 Å². The molecule has 2 aromatic carbocycles. The van der Waals surface area contributed by atoms with E-state index in [1.54, 1.807) is 22.1 Å². The molecule has 2 aromatic heterocycles. The van der Waals surface area contributed by atoms with Gasteiger partial charge < -0.3 is 9.47 Å². The van der Waals surface area contributed by atoms with Crippen LogP contribution in [0.1, 0.15) is 29.2 Å². The molecule has 0 radical (unpaired) electrons. The highest BCUT2D eigenvalue weighted by Crippen LogP contribution is 2.34. The molecule has 0 saturated carbocycles. The van der Waals surface area contributed by atoms with Crippen molar-refractivity contribution in [3.05, 3.63) is 58.9 Å². The number of hydrogen-bond acceptors (Lipinski definition) is 7. The van der Waals surface area contributed by atoms with Gasteiger partial charge in [0.15, 0.2) is 5.75 Å². The average Bonchev–Trinajstić information content (AvgIpc) is 3.44. The van der Waals surface area contributed by atoms with Crippen molar-refractivity contribution < 1.29 is 14.3 Å². The zero-order valence-electron chi connectivity index (χ0n) is 20.3. The minimum Gasteiger partial charge on any atom is -0.484 e. The molecule has 0 spiro atoms. The fourth-order valence-electron chi connectivity index (χ4n) is 4.85. The Morgan fingerprint density at radius 1 is 1.28 bits per heavy atom. The highest BCUT2D eigenvalue weighted by atomic mass is 127. The zero-order valence-corrected chi connectivity index (χ0v) is 23.3. The SMILES string of the molecule is CCOC(=O)CN1CC(Oc2c(C#N)ccc3cn(Cc4c(C)cc(C)c5c4ccn5SI)nc23)C1. The predicted molar refractivity (Wildman–Crippen MR) is 149 cm³/mol. The van der Waals surface area contributed by atoms with Crippen LogP contribution in [0.4, 0.5) is 0 Å². The molecule has 0 unspecified atom stereocenters. The Hall–Kier alpha value is -2.75. The number of rotatable bonds is 8. The second kappa shape index (κ2) is 10.3. The summed E-state index contributed by atoms with van der Waals surface area (Å²) in [4.78, 5) is 13.7. The minimum atomic E-state index is -0.234. The summed E-state index contributed by atoms with van der Waals surface area (Å²) in [7, 11) is 1.66. The van der Waals surface area contributed by atoms with E-state index in [2.05, 4.69) is 63.4 Å². The number of ether oxygens (including phenoxy) is 2. The zero-order chi connectivity index (χ0) is 25.4. The van der Waals surface area contributed by atoms with Crippen molar-refractivity contribution in [2.75, 3.05) is 26.2 Å². The first-order chi connectivity index (χ1) is 17.4. The maximum absolute atomic E-state index is 11.7. The Morgan fingerprint density at radius 2 is 2.08 bits per heavy atom. The number of nitriles is 1. The second-order valence-corrected chi connectivity index (χ2v) is 10.7. The minimum absolute atomic E-state index is 0.105. The lowest BCUT2D eigenvalue weighted by Crippen LogP contribution is -2.55. The third-order valence-corrected chi connectivity index (χ3v) is 8.25. The Morgan fingerprint density at radius 3 is 2.81 bits per heavy atom. The molecule has 1 aliphatic rings. The quantitative estimate of drug-likeness (QED) is 0.204. The van der Waals surface area contributed by atoms with Gasteiger partial charge in [-0.15, -0.1) is 0 Å². The van der Waals surface area contributed by atoms with Crippen LogP contribution in [0.25, 0.3) is 21.8 Å². The first kappa shape index (κ1) is 24.9. The highest BCUT2D eigenvalue weighted by molar-refractivity contribution is 14.2. The van der Waals surface area contributed by atoms with E-state index in [9.17, 15) is 10.1 Å². The van der Waals surface area contributed by atoms with Crippen LogP contribution in [0.2, 0.25) is 0 Å². The van der Waals surface area contributed by atoms with Crippen LogP contribution in [-0.2, 0) is 16.1 Å². The fraction of sp³-hybridized carbons (Fsp3) is 0.346. The third-order valence-electron chi connectivity index (χ3n) is 6.52. The van der Waals surface area contributed by atoms with E-state index in [1.807, 2.05) is 21.8 Å². The fourth-order valence-corrected chi connectivity index (χ4v) is 6.25. The first-order valence-electron chi connectivity index (χ1n) is 11.8. The van der Waals surface area contributed by atoms with Crippen molar-refractivity contribution in [2.45, 2.75) is 33.4 Å². The Labute approximate surface area is 225 Å². The van der Waals surface area contributed by atoms with Crippen LogP contribution in [0, 0.1) is 25.2 Å². The molecule has 186 valence electrons. The van der Waals surface area contributed by atoms with Gasteiger partial charge in [-0.2, -0.15) is 10.4 Å². The van der Waals surface area contributed by atoms with Gasteiger partial charge in [-0.05, 0) is 55.7 Å². The number of carbonyl (C=O) groups excluding carboxylic acids is 1. The highest BCUT2D eigenvalue weighted by Gasteiger charge is 2.31. The van der Waals surface area contributed by atoms with E-state index < -0.39 is 0 Å². The summed E-state index contributed by atoms with van der Waals surface area (Å²) in [5.74, 6) is 0.273. The van der Waals surface area contributed by atoms with E-state index >= 15 is 0 Å². The lowest BCUT2D eigenvalue weighted by molar-refractivity contribution is -0.146. The molecular formula is C26H26IN5O3S. The second-order valence-electron chi connectivity index (χ2n) is 9.02. The lowest BCUT2D eigenvalue weighted by atomic mass is 10.0. The molecular weight excluding hydrogens is 589 g/mol. The monoisotopic (exact) mass is 615 g/mol. The first-order valence-corrected chi connectivity index (χ1v) is 15.1. The molecule has 1 aliphatic heterocycles. The molecule has 10 heteroatoms. The predicted octanol–water partition coefficient (Wildman–Crippen LogP) is 5.00. The normalized spacial score (nSPS) is 14.2. The number of nitrogens with zero attached hydrogens (tertiary/aromatic N) is 5. The van der Waals surface area contributed by atoms with Gasteiger partial charge in [0.2, 0.25) is 0 Å². The van der Waals surface area contributed by atoms with E-state index in [0.29, 0.717) is 43.1 Å². The van der Waals surface area contributed by atoms with Gasteiger partial charge in [0, 0.05) is 66.6 Å². The summed E-state index contributed by atoms with van der Waals surface area (Å²) in [5.41, 5.74) is 6.06. The summed E-state index contributed by atoms with van der Waals surface area (Å²) in [6, 6.07) is 10.3. The molecule has 4 aromatic rings. The molecule has 0 N–H and O–H groups in total. The van der Waals surface area contributed by atoms with Gasteiger partial charge in [0.05, 0.1) is 30.8 Å². The molecule has 1 saturated heterocycles. The average molecular weight is 615 g/mol. The van der Waals surface area contributed by atoms with Gasteiger partial charge >= 0.3 is 5.97 Å². The molecule has 36 heavy (non-hydrogen) atoms. The van der Waals surface area contributed by atoms with Crippen LogP contribution in [0.3, 0.4) is 0 Å². The van der Waals surface area contributed by atoms with E-state index in [0.717, 1.165) is 5.39 Å². The number of aryl methyl sites for hydroxylation is 2. The van der Waals surface area contributed by atoms with Crippen molar-refractivity contribution in [1.29, 1.82) is 5.26 Å². The summed E-state index contributed by atoms with van der Waals surface area (Å²) < 4.78 is 15.4. The maximum atomic E-state index is 11.7. The molecule has 5 rings (SSSR count). The summed E-state index contributed by atoms with van der Waals surface area (Å²) >= 11 is 2.30. The molecule has 0 atom stereocenters. The van der Waals surface area contributed by atoms with Crippen LogP contribution < -0.4 is 4.74 Å². The number of aromatic nitrogens is 3. The topological polar surface area (TPSA) is 85.3 Å². The van der Waals surface area contributed by atoms with E-state index in [4.69, 9.17) is 14.6 Å². The van der Waals surface area contributed by atoms with Crippen molar-refractivity contribution in [1.82, 2.24) is 18.7 Å². The Balaban J connectivity index is 1.41. The third kappa shape index (κ3) is 4.67. The number of benzene rings is 2. The number of halogens is 1. The van der Waals surface area contributed by atoms with Gasteiger partial charge in [-0.1, -0.05) is 6.07 Å². The largest absolute Gasteiger partial charge is 0.484 e. The summed E-state index contributed by atoms with van der Waals surface area (Å²) in [5, 5.41) is 16.7. The number of fused-ring (bicyclic) bond motifs is 2. The van der Waals surface area contributed by atoms with E-state index in [1.165, 1.54) is 27.6 Å². The van der Waals surface area contributed by atoms with Crippen molar-refractivity contribution in [3.63, 3.8) is 0 Å². The number of hydrogen-bond donors (Lipinski definition) is 0. The Bertz CT molecular complexity index is 1500. The number of esters is 1. The van der Waals surface area contributed by atoms with Crippen LogP contribution in [0.5, 0.6) is 5.75 Å². The van der Waals surface area contributed by atoms with Crippen LogP contribution in [-0.4, -0.2) is 57.0 Å². The van der Waals surface area contributed by atoms with E-state index in [-0.39, 0.29) is 18.6 Å². The summed E-state index contributed by atoms with van der Waals surface area (Å²) in [6.07, 6.45) is 4.00. The Kier molecular flexibility index (Phi) is 7.14. The van der Waals surface area contributed by atoms with Gasteiger partial charge in [-0.3, -0.25) is 18.3 Å². The molecule has 3 heterocycles. The standard InChI is InChI=1S/C26H26IN5O3S/c1-4-34-23(33)15-30-12-20(13-30)35-26-18(10-28)5-6-19-11-31(29-24(19)26)14-22-16(2)9-17(3)25-21(22)7-8-32(25)36-27/h5-9,11,20H,4,12-15H2,1-3H3. The van der Waals surface area contributed by atoms with Gasteiger partial charge in [0.1, 0.15) is 17.7 Å². The van der Waals surface area contributed by atoms with Gasteiger partial charge in [-0.25, -0.2) is 0 Å². The molecule has 0 aliphatic carbocycles. The summed E-state index contributed by atoms with van der Waals surface area (Å²) in [6.45, 7) is 8.53. The van der Waals surface area contributed by atoms with Crippen LogP contribution in [0.15, 0.2) is 36.7 Å².